The number of benzene rings is 14. The zero-order chi connectivity index (χ0) is 51.2. The average molecular weight is 977 g/mol. The fourth-order valence-corrected chi connectivity index (χ4v) is 13.2. The molecule has 0 heteroatoms. The van der Waals surface area contributed by atoms with Crippen LogP contribution in [0.3, 0.4) is 0 Å². The van der Waals surface area contributed by atoms with Gasteiger partial charge in [-0.05, 0) is 178 Å². The van der Waals surface area contributed by atoms with Crippen molar-refractivity contribution in [1.82, 2.24) is 0 Å². The van der Waals surface area contributed by atoms with Gasteiger partial charge in [0.25, 0.3) is 0 Å². The summed E-state index contributed by atoms with van der Waals surface area (Å²) < 4.78 is 0. The van der Waals surface area contributed by atoms with Gasteiger partial charge < -0.3 is 0 Å². The summed E-state index contributed by atoms with van der Waals surface area (Å²) in [5.74, 6) is 0. The summed E-state index contributed by atoms with van der Waals surface area (Å²) in [7, 11) is 0. The normalized spacial score (nSPS) is 12.6. The number of hydrogen-bond acceptors (Lipinski definition) is 0. The molecule has 0 amide bonds. The Hall–Kier alpha value is -9.62. The van der Waals surface area contributed by atoms with Crippen LogP contribution in [-0.4, -0.2) is 0 Å². The third-order valence-electron chi connectivity index (χ3n) is 16.9. The fraction of sp³-hybridized carbons (Fsp3) is 0.0390. The lowest BCUT2D eigenvalue weighted by Crippen LogP contribution is -2.15. The van der Waals surface area contributed by atoms with Crippen LogP contribution < -0.4 is 0 Å². The minimum atomic E-state index is -0.114. The molecule has 15 rings (SSSR count). The molecule has 1 aliphatic carbocycles. The van der Waals surface area contributed by atoms with Crippen molar-refractivity contribution < 1.29 is 0 Å². The molecule has 360 valence electrons. The van der Waals surface area contributed by atoms with E-state index >= 15 is 0 Å². The molecule has 0 saturated carbocycles. The molecule has 0 aromatic heterocycles. The van der Waals surface area contributed by atoms with Crippen LogP contribution in [0.25, 0.3) is 143 Å². The van der Waals surface area contributed by atoms with Crippen LogP contribution >= 0.6 is 0 Å². The highest BCUT2D eigenvalue weighted by molar-refractivity contribution is 6.24. The van der Waals surface area contributed by atoms with E-state index in [0.717, 1.165) is 0 Å². The minimum absolute atomic E-state index is 0.114. The summed E-state index contributed by atoms with van der Waals surface area (Å²) in [4.78, 5) is 0. The first-order valence-electron chi connectivity index (χ1n) is 27.0. The van der Waals surface area contributed by atoms with Gasteiger partial charge in [-0.2, -0.15) is 0 Å². The van der Waals surface area contributed by atoms with Crippen molar-refractivity contribution in [2.75, 3.05) is 0 Å². The molecule has 14 aromatic carbocycles. The van der Waals surface area contributed by atoms with Crippen molar-refractivity contribution in [3.05, 3.63) is 290 Å². The SMILES string of the molecule is CC1(C)c2cc(-c3ccccc3)ccc2-c2ccc(-c3ccc4cc(-c5c6ccccc6c(-c6ccc(-c7c8ccccc8c(-c8ccccc8-c8ccccc8)c8ccccc78)cc6)c6ccccc56)ccc4c3)cc21. The van der Waals surface area contributed by atoms with Crippen LogP contribution in [0, 0.1) is 0 Å². The standard InChI is InChI=1S/C77H52/c1-77(2)71-47-56(49-19-5-3-6-20-49)41-43-60(71)61-44-42-57(48-72(61)77)54-37-38-55-46-58(40-39-53(55)45-54)75-65-27-13-11-25-63(65)73(64-26-12-14-28-66(64)75)51-33-35-52(36-34-51)74-67-29-15-17-31-69(67)76(70-32-18-16-30-68(70)74)62-24-10-9-23-59(62)50-21-7-4-8-22-50/h3-48H,1-2H3. The van der Waals surface area contributed by atoms with Crippen LogP contribution in [0.5, 0.6) is 0 Å². The highest BCUT2D eigenvalue weighted by atomic mass is 14.4. The molecule has 0 atom stereocenters. The van der Waals surface area contributed by atoms with E-state index in [0.29, 0.717) is 0 Å². The van der Waals surface area contributed by atoms with Crippen molar-refractivity contribution in [2.45, 2.75) is 19.3 Å². The number of rotatable bonds is 7. The molecule has 77 heavy (non-hydrogen) atoms. The van der Waals surface area contributed by atoms with Crippen LogP contribution in [0.15, 0.2) is 279 Å². The fourth-order valence-electron chi connectivity index (χ4n) is 13.2. The first kappa shape index (κ1) is 44.8. The van der Waals surface area contributed by atoms with Gasteiger partial charge in [0, 0.05) is 5.41 Å². The van der Waals surface area contributed by atoms with Crippen LogP contribution in [0.1, 0.15) is 25.0 Å². The van der Waals surface area contributed by atoms with E-state index in [2.05, 4.69) is 293 Å². The summed E-state index contributed by atoms with van der Waals surface area (Å²) in [5.41, 5.74) is 22.8. The Kier molecular flexibility index (Phi) is 10.3. The molecule has 0 heterocycles. The van der Waals surface area contributed by atoms with Gasteiger partial charge in [0.05, 0.1) is 0 Å². The number of hydrogen-bond donors (Lipinski definition) is 0. The first-order chi connectivity index (χ1) is 38.0. The van der Waals surface area contributed by atoms with E-state index in [1.165, 1.54) is 154 Å². The van der Waals surface area contributed by atoms with Crippen molar-refractivity contribution >= 4 is 53.9 Å². The molecule has 1 aliphatic rings. The molecule has 0 saturated heterocycles. The zero-order valence-electron chi connectivity index (χ0n) is 43.1. The molecular formula is C77H52. The molecule has 0 radical (unpaired) electrons. The highest BCUT2D eigenvalue weighted by Crippen LogP contribution is 2.52. The van der Waals surface area contributed by atoms with Gasteiger partial charge in [-0.3, -0.25) is 0 Å². The molecule has 14 aromatic rings. The lowest BCUT2D eigenvalue weighted by Gasteiger charge is -2.22. The Balaban J connectivity index is 0.802. The second-order valence-electron chi connectivity index (χ2n) is 21.5. The minimum Gasteiger partial charge on any atom is -0.0622 e. The Morgan fingerprint density at radius 1 is 0.195 bits per heavy atom. The monoisotopic (exact) mass is 976 g/mol. The molecule has 0 fully saturated rings. The Bertz CT molecular complexity index is 4560. The maximum absolute atomic E-state index is 2.44. The van der Waals surface area contributed by atoms with Gasteiger partial charge >= 0.3 is 0 Å². The molecule has 0 N–H and O–H groups in total. The second-order valence-corrected chi connectivity index (χ2v) is 21.5. The van der Waals surface area contributed by atoms with E-state index in [9.17, 15) is 0 Å². The topological polar surface area (TPSA) is 0 Å². The molecule has 0 aliphatic heterocycles. The van der Waals surface area contributed by atoms with Gasteiger partial charge in [0.2, 0.25) is 0 Å². The van der Waals surface area contributed by atoms with E-state index in [4.69, 9.17) is 0 Å². The molecule has 0 bridgehead atoms. The average Bonchev–Trinajstić information content (AvgIpc) is 3.78. The van der Waals surface area contributed by atoms with E-state index in [-0.39, 0.29) is 5.41 Å². The maximum atomic E-state index is 2.44. The summed E-state index contributed by atoms with van der Waals surface area (Å²) in [5, 5.41) is 12.5. The van der Waals surface area contributed by atoms with Gasteiger partial charge in [-0.1, -0.05) is 269 Å². The predicted molar refractivity (Wildman–Crippen MR) is 330 cm³/mol. The van der Waals surface area contributed by atoms with E-state index < -0.39 is 0 Å². The van der Waals surface area contributed by atoms with Gasteiger partial charge in [0.1, 0.15) is 0 Å². The Morgan fingerprint density at radius 2 is 0.506 bits per heavy atom. The summed E-state index contributed by atoms with van der Waals surface area (Å²) in [6.45, 7) is 4.76. The van der Waals surface area contributed by atoms with E-state index in [1.807, 2.05) is 0 Å². The first-order valence-corrected chi connectivity index (χ1v) is 27.0. The highest BCUT2D eigenvalue weighted by Gasteiger charge is 2.36. The van der Waals surface area contributed by atoms with Gasteiger partial charge in [-0.25, -0.2) is 0 Å². The molecule has 0 spiro atoms. The molecule has 0 unspecified atom stereocenters. The summed E-state index contributed by atoms with van der Waals surface area (Å²) >= 11 is 0. The smallest absolute Gasteiger partial charge is 0.0159 e. The van der Waals surface area contributed by atoms with Crippen molar-refractivity contribution in [2.24, 2.45) is 0 Å². The molecular weight excluding hydrogens is 925 g/mol. The quantitative estimate of drug-likeness (QED) is 0.140. The molecule has 0 nitrogen and oxygen atoms in total. The predicted octanol–water partition coefficient (Wildman–Crippen LogP) is 21.4. The lowest BCUT2D eigenvalue weighted by molar-refractivity contribution is 0.661. The van der Waals surface area contributed by atoms with Gasteiger partial charge in [-0.15, -0.1) is 0 Å². The van der Waals surface area contributed by atoms with Crippen molar-refractivity contribution in [1.29, 1.82) is 0 Å². The van der Waals surface area contributed by atoms with Crippen LogP contribution in [0.2, 0.25) is 0 Å². The van der Waals surface area contributed by atoms with Crippen molar-refractivity contribution in [3.63, 3.8) is 0 Å². The van der Waals surface area contributed by atoms with Crippen LogP contribution in [0.4, 0.5) is 0 Å². The lowest BCUT2D eigenvalue weighted by atomic mass is 9.80. The third-order valence-corrected chi connectivity index (χ3v) is 16.9. The maximum Gasteiger partial charge on any atom is 0.0159 e. The summed E-state index contributed by atoms with van der Waals surface area (Å²) in [6, 6.07) is 104. The van der Waals surface area contributed by atoms with Gasteiger partial charge in [0.15, 0.2) is 0 Å². The second kappa shape index (κ2) is 17.8. The largest absolute Gasteiger partial charge is 0.0622 e. The third kappa shape index (κ3) is 7.21. The van der Waals surface area contributed by atoms with E-state index in [1.54, 1.807) is 0 Å². The zero-order valence-corrected chi connectivity index (χ0v) is 43.1. The summed E-state index contributed by atoms with van der Waals surface area (Å²) in [6.07, 6.45) is 0. The van der Waals surface area contributed by atoms with Crippen LogP contribution in [-0.2, 0) is 5.41 Å². The van der Waals surface area contributed by atoms with Crippen molar-refractivity contribution in [3.8, 4) is 89.0 Å². The Morgan fingerprint density at radius 3 is 0.974 bits per heavy atom. The Labute approximate surface area is 449 Å². The number of fused-ring (bicyclic) bond motifs is 8.